The maximum absolute atomic E-state index is 11.9. The van der Waals surface area contributed by atoms with E-state index in [9.17, 15) is 4.79 Å². The lowest BCUT2D eigenvalue weighted by atomic mass is 9.93. The summed E-state index contributed by atoms with van der Waals surface area (Å²) in [7, 11) is 1.76. The van der Waals surface area contributed by atoms with E-state index in [0.29, 0.717) is 12.0 Å². The molecular weight excluding hydrogens is 403 g/mol. The first-order valence-electron chi connectivity index (χ1n) is 7.76. The van der Waals surface area contributed by atoms with Gasteiger partial charge in [0.1, 0.15) is 0 Å². The normalized spacial score (nSPS) is 16.7. The van der Waals surface area contributed by atoms with Crippen molar-refractivity contribution in [2.24, 2.45) is 10.4 Å². The Balaban J connectivity index is 0.00000264. The number of benzene rings is 1. The van der Waals surface area contributed by atoms with E-state index in [1.165, 1.54) is 0 Å². The Morgan fingerprint density at radius 1 is 1.26 bits per heavy atom. The molecule has 6 heteroatoms. The van der Waals surface area contributed by atoms with Gasteiger partial charge in [-0.15, -0.1) is 24.0 Å². The lowest BCUT2D eigenvalue weighted by Gasteiger charge is -2.23. The Hall–Kier alpha value is -1.31. The van der Waals surface area contributed by atoms with Crippen LogP contribution in [0.2, 0.25) is 0 Å². The van der Waals surface area contributed by atoms with Gasteiger partial charge >= 0.3 is 0 Å². The minimum atomic E-state index is -0.0246. The molecule has 0 unspecified atom stereocenters. The number of hydrogen-bond acceptors (Lipinski definition) is 2. The minimum Gasteiger partial charge on any atom is -0.350 e. The topological polar surface area (TPSA) is 56.7 Å². The predicted octanol–water partition coefficient (Wildman–Crippen LogP) is 2.23. The summed E-state index contributed by atoms with van der Waals surface area (Å²) in [6.45, 7) is 7.27. The highest BCUT2D eigenvalue weighted by Crippen LogP contribution is 2.28. The number of guanidine groups is 1. The molecule has 128 valence electrons. The number of aliphatic imine (C=N–C) groups is 1. The van der Waals surface area contributed by atoms with Crippen LogP contribution >= 0.6 is 24.0 Å². The fraction of sp³-hybridized carbons (Fsp3) is 0.529. The number of halogens is 1. The SMILES string of the molecule is CN=C(NCC(=O)NCc1ccccc1)N1CCC(C)(C)C1.I. The highest BCUT2D eigenvalue weighted by Gasteiger charge is 2.30. The van der Waals surface area contributed by atoms with Crippen LogP contribution in [0.15, 0.2) is 35.3 Å². The molecular formula is C17H27IN4O. The maximum atomic E-state index is 11.9. The zero-order valence-corrected chi connectivity index (χ0v) is 16.5. The van der Waals surface area contributed by atoms with Gasteiger partial charge in [0.05, 0.1) is 6.54 Å². The molecule has 1 fully saturated rings. The van der Waals surface area contributed by atoms with Crippen LogP contribution in [-0.2, 0) is 11.3 Å². The van der Waals surface area contributed by atoms with Gasteiger partial charge in [0, 0.05) is 26.7 Å². The number of hydrogen-bond donors (Lipinski definition) is 2. The molecule has 2 N–H and O–H groups in total. The minimum absolute atomic E-state index is 0. The molecule has 1 heterocycles. The van der Waals surface area contributed by atoms with E-state index in [-0.39, 0.29) is 36.4 Å². The van der Waals surface area contributed by atoms with E-state index in [0.717, 1.165) is 31.0 Å². The molecule has 0 bridgehead atoms. The van der Waals surface area contributed by atoms with Crippen molar-refractivity contribution in [3.05, 3.63) is 35.9 Å². The smallest absolute Gasteiger partial charge is 0.239 e. The molecule has 0 radical (unpaired) electrons. The molecule has 0 atom stereocenters. The van der Waals surface area contributed by atoms with Gasteiger partial charge in [0.15, 0.2) is 5.96 Å². The summed E-state index contributed by atoms with van der Waals surface area (Å²) in [4.78, 5) is 18.4. The second-order valence-corrected chi connectivity index (χ2v) is 6.50. The van der Waals surface area contributed by atoms with Crippen molar-refractivity contribution in [1.29, 1.82) is 0 Å². The van der Waals surface area contributed by atoms with Gasteiger partial charge in [0.2, 0.25) is 5.91 Å². The maximum Gasteiger partial charge on any atom is 0.239 e. The Bertz CT molecular complexity index is 531. The van der Waals surface area contributed by atoms with E-state index in [1.807, 2.05) is 30.3 Å². The van der Waals surface area contributed by atoms with Gasteiger partial charge in [-0.3, -0.25) is 9.79 Å². The summed E-state index contributed by atoms with van der Waals surface area (Å²) >= 11 is 0. The van der Waals surface area contributed by atoms with Gasteiger partial charge in [-0.25, -0.2) is 0 Å². The number of amides is 1. The number of likely N-dealkylation sites (tertiary alicyclic amines) is 1. The average Bonchev–Trinajstić information content (AvgIpc) is 2.87. The number of nitrogens with zero attached hydrogens (tertiary/aromatic N) is 2. The van der Waals surface area contributed by atoms with Crippen LogP contribution in [0.3, 0.4) is 0 Å². The predicted molar refractivity (Wildman–Crippen MR) is 105 cm³/mol. The van der Waals surface area contributed by atoms with Crippen molar-refractivity contribution in [1.82, 2.24) is 15.5 Å². The molecule has 5 nitrogen and oxygen atoms in total. The van der Waals surface area contributed by atoms with E-state index in [4.69, 9.17) is 0 Å². The molecule has 1 aromatic rings. The van der Waals surface area contributed by atoms with Gasteiger partial charge in [-0.05, 0) is 17.4 Å². The lowest BCUT2D eigenvalue weighted by Crippen LogP contribution is -2.45. The molecule has 1 aromatic carbocycles. The van der Waals surface area contributed by atoms with Crippen LogP contribution in [0.4, 0.5) is 0 Å². The Kier molecular flexibility index (Phi) is 7.81. The summed E-state index contributed by atoms with van der Waals surface area (Å²) in [5.74, 6) is 0.781. The van der Waals surface area contributed by atoms with Crippen molar-refractivity contribution in [3.8, 4) is 0 Å². The molecule has 1 saturated heterocycles. The van der Waals surface area contributed by atoms with Crippen molar-refractivity contribution in [2.75, 3.05) is 26.7 Å². The lowest BCUT2D eigenvalue weighted by molar-refractivity contribution is -0.120. The summed E-state index contributed by atoms with van der Waals surface area (Å²) in [6.07, 6.45) is 1.15. The quantitative estimate of drug-likeness (QED) is 0.438. The molecule has 0 saturated carbocycles. The molecule has 1 amide bonds. The van der Waals surface area contributed by atoms with Crippen molar-refractivity contribution < 1.29 is 4.79 Å². The van der Waals surface area contributed by atoms with Gasteiger partial charge in [0.25, 0.3) is 0 Å². The number of carbonyl (C=O) groups excluding carboxylic acids is 1. The molecule has 23 heavy (non-hydrogen) atoms. The van der Waals surface area contributed by atoms with E-state index >= 15 is 0 Å². The summed E-state index contributed by atoms with van der Waals surface area (Å²) < 4.78 is 0. The Morgan fingerprint density at radius 2 is 1.96 bits per heavy atom. The molecule has 1 aliphatic heterocycles. The first-order valence-corrected chi connectivity index (χ1v) is 7.76. The molecule has 2 rings (SSSR count). The van der Waals surface area contributed by atoms with Crippen LogP contribution in [0, 0.1) is 5.41 Å². The van der Waals surface area contributed by atoms with E-state index < -0.39 is 0 Å². The van der Waals surface area contributed by atoms with Crippen LogP contribution < -0.4 is 10.6 Å². The standard InChI is InChI=1S/C17H26N4O.HI/c1-17(2)9-10-21(13-17)16(18-3)20-12-15(22)19-11-14-7-5-4-6-8-14;/h4-8H,9-13H2,1-3H3,(H,18,20)(H,19,22);1H. The molecule has 0 aromatic heterocycles. The number of rotatable bonds is 4. The Morgan fingerprint density at radius 3 is 2.52 bits per heavy atom. The van der Waals surface area contributed by atoms with E-state index in [1.54, 1.807) is 7.05 Å². The second-order valence-electron chi connectivity index (χ2n) is 6.50. The number of carbonyl (C=O) groups is 1. The third kappa shape index (κ3) is 6.37. The first-order chi connectivity index (χ1) is 10.5. The van der Waals surface area contributed by atoms with Crippen LogP contribution in [0.5, 0.6) is 0 Å². The molecule has 0 aliphatic carbocycles. The zero-order valence-electron chi connectivity index (χ0n) is 14.1. The third-order valence-electron chi connectivity index (χ3n) is 3.93. The zero-order chi connectivity index (χ0) is 16.0. The largest absolute Gasteiger partial charge is 0.350 e. The fourth-order valence-corrected chi connectivity index (χ4v) is 2.64. The van der Waals surface area contributed by atoms with Crippen LogP contribution in [0.1, 0.15) is 25.8 Å². The Labute approximate surface area is 156 Å². The van der Waals surface area contributed by atoms with Crippen molar-refractivity contribution in [2.45, 2.75) is 26.8 Å². The van der Waals surface area contributed by atoms with Crippen molar-refractivity contribution >= 4 is 35.8 Å². The van der Waals surface area contributed by atoms with E-state index in [2.05, 4.69) is 34.4 Å². The van der Waals surface area contributed by atoms with Crippen LogP contribution in [-0.4, -0.2) is 43.4 Å². The van der Waals surface area contributed by atoms with Gasteiger partial charge in [-0.2, -0.15) is 0 Å². The second kappa shape index (κ2) is 9.10. The van der Waals surface area contributed by atoms with Crippen LogP contribution in [0.25, 0.3) is 0 Å². The molecule has 0 spiro atoms. The van der Waals surface area contributed by atoms with Gasteiger partial charge < -0.3 is 15.5 Å². The van der Waals surface area contributed by atoms with Gasteiger partial charge in [-0.1, -0.05) is 44.2 Å². The summed E-state index contributed by atoms with van der Waals surface area (Å²) in [5, 5.41) is 6.06. The number of nitrogens with one attached hydrogen (secondary N) is 2. The molecule has 1 aliphatic rings. The first kappa shape index (κ1) is 19.7. The highest BCUT2D eigenvalue weighted by molar-refractivity contribution is 14.0. The third-order valence-corrected chi connectivity index (χ3v) is 3.93. The fourth-order valence-electron chi connectivity index (χ4n) is 2.64. The summed E-state index contributed by atoms with van der Waals surface area (Å²) in [5.41, 5.74) is 1.41. The summed E-state index contributed by atoms with van der Waals surface area (Å²) in [6, 6.07) is 9.90. The highest BCUT2D eigenvalue weighted by atomic mass is 127. The monoisotopic (exact) mass is 430 g/mol. The van der Waals surface area contributed by atoms with Crippen molar-refractivity contribution in [3.63, 3.8) is 0 Å². The average molecular weight is 430 g/mol.